The van der Waals surface area contributed by atoms with Crippen LogP contribution in [0.4, 0.5) is 5.95 Å². The lowest BCUT2D eigenvalue weighted by molar-refractivity contribution is 0.439. The number of nitrogens with zero attached hydrogens (tertiary/aromatic N) is 5. The van der Waals surface area contributed by atoms with Gasteiger partial charge in [0.05, 0.1) is 10.6 Å². The Hall–Kier alpha value is -2.67. The van der Waals surface area contributed by atoms with E-state index in [1.165, 1.54) is 0 Å². The summed E-state index contributed by atoms with van der Waals surface area (Å²) in [5.41, 5.74) is 4.27. The van der Waals surface area contributed by atoms with E-state index < -0.39 is 0 Å². The van der Waals surface area contributed by atoms with Crippen LogP contribution >= 0.6 is 23.2 Å². The van der Waals surface area contributed by atoms with Gasteiger partial charge < -0.3 is 10.2 Å². The maximum Gasteiger partial charge on any atom is 0.230 e. The van der Waals surface area contributed by atoms with Crippen molar-refractivity contribution >= 4 is 34.8 Å². The van der Waals surface area contributed by atoms with Gasteiger partial charge >= 0.3 is 0 Å². The molecule has 2 aromatic heterocycles. The fraction of sp³-hybridized carbons (Fsp3) is 0.227. The first-order valence-corrected chi connectivity index (χ1v) is 10.5. The summed E-state index contributed by atoms with van der Waals surface area (Å²) >= 11 is 12.7. The lowest BCUT2D eigenvalue weighted by Crippen LogP contribution is -2.58. The van der Waals surface area contributed by atoms with Crippen LogP contribution in [0, 0.1) is 6.92 Å². The number of hydrogen-bond acceptors (Lipinski definition) is 5. The van der Waals surface area contributed by atoms with Crippen LogP contribution < -0.4 is 10.2 Å². The van der Waals surface area contributed by atoms with Crippen LogP contribution in [-0.4, -0.2) is 45.8 Å². The molecule has 2 aromatic carbocycles. The topological polar surface area (TPSA) is 58.3 Å². The second kappa shape index (κ2) is 7.54. The van der Waals surface area contributed by atoms with Crippen LogP contribution in [0.25, 0.3) is 28.0 Å². The number of hydrogen-bond donors (Lipinski definition) is 1. The van der Waals surface area contributed by atoms with Crippen molar-refractivity contribution in [1.82, 2.24) is 24.9 Å². The largest absolute Gasteiger partial charge is 0.337 e. The minimum absolute atomic E-state index is 0.449. The summed E-state index contributed by atoms with van der Waals surface area (Å²) in [6, 6.07) is 15.9. The van der Waals surface area contributed by atoms with Crippen LogP contribution in [0.1, 0.15) is 5.82 Å². The number of benzene rings is 2. The summed E-state index contributed by atoms with van der Waals surface area (Å²) < 4.78 is 1.83. The molecule has 4 aromatic rings. The molecule has 1 aliphatic heterocycles. The van der Waals surface area contributed by atoms with Crippen LogP contribution in [0.3, 0.4) is 0 Å². The molecule has 3 heterocycles. The first-order chi connectivity index (χ1) is 14.5. The number of halogens is 2. The monoisotopic (exact) mass is 438 g/mol. The van der Waals surface area contributed by atoms with Crippen molar-refractivity contribution < 1.29 is 0 Å². The van der Waals surface area contributed by atoms with E-state index in [9.17, 15) is 0 Å². The number of anilines is 1. The highest BCUT2D eigenvalue weighted by Gasteiger charge is 2.30. The van der Waals surface area contributed by atoms with Gasteiger partial charge in [0.15, 0.2) is 5.65 Å². The fourth-order valence-corrected chi connectivity index (χ4v) is 4.13. The minimum Gasteiger partial charge on any atom is -0.337 e. The van der Waals surface area contributed by atoms with Gasteiger partial charge in [-0.2, -0.15) is 14.6 Å². The third kappa shape index (κ3) is 3.21. The maximum absolute atomic E-state index is 6.56. The summed E-state index contributed by atoms with van der Waals surface area (Å²) in [5, 5.41) is 9.57. The first-order valence-electron chi connectivity index (χ1n) is 9.75. The van der Waals surface area contributed by atoms with E-state index in [-0.39, 0.29) is 0 Å². The van der Waals surface area contributed by atoms with Gasteiger partial charge in [0.25, 0.3) is 0 Å². The normalized spacial score (nSPS) is 14.3. The van der Waals surface area contributed by atoms with Crippen molar-refractivity contribution in [2.24, 2.45) is 0 Å². The zero-order valence-corrected chi connectivity index (χ0v) is 18.1. The van der Waals surface area contributed by atoms with E-state index in [4.69, 9.17) is 38.3 Å². The Balaban J connectivity index is 1.79. The molecule has 0 amide bonds. The fourth-order valence-electron chi connectivity index (χ4n) is 3.78. The minimum atomic E-state index is 0.449. The Kier molecular flexibility index (Phi) is 4.85. The maximum atomic E-state index is 6.56. The standard InChI is InChI=1S/C22H20Cl2N6/c1-13-26-21-19(14-7-9-15(23)10-8-14)20(17-5-3-4-6-18(17)24)28-30(21)22(27-13)29-11-16(12-29)25-2/h3-10,16,25H,11-12H2,1-2H3. The van der Waals surface area contributed by atoms with Crippen molar-refractivity contribution in [1.29, 1.82) is 0 Å². The molecular weight excluding hydrogens is 419 g/mol. The van der Waals surface area contributed by atoms with Crippen molar-refractivity contribution in [2.75, 3.05) is 25.0 Å². The molecule has 30 heavy (non-hydrogen) atoms. The summed E-state index contributed by atoms with van der Waals surface area (Å²) in [6.45, 7) is 3.66. The summed E-state index contributed by atoms with van der Waals surface area (Å²) in [5.74, 6) is 1.49. The number of aryl methyl sites for hydroxylation is 1. The molecule has 1 N–H and O–H groups in total. The van der Waals surface area contributed by atoms with Gasteiger partial charge in [-0.3, -0.25) is 0 Å². The molecular formula is C22H20Cl2N6. The molecule has 1 fully saturated rings. The molecule has 8 heteroatoms. The summed E-state index contributed by atoms with van der Waals surface area (Å²) in [4.78, 5) is 11.7. The van der Waals surface area contributed by atoms with Gasteiger partial charge in [0, 0.05) is 29.7 Å². The second-order valence-electron chi connectivity index (χ2n) is 7.41. The lowest BCUT2D eigenvalue weighted by atomic mass is 10.0. The van der Waals surface area contributed by atoms with E-state index in [1.807, 2.05) is 67.0 Å². The van der Waals surface area contributed by atoms with Crippen LogP contribution in [-0.2, 0) is 0 Å². The second-order valence-corrected chi connectivity index (χ2v) is 8.25. The number of likely N-dealkylation sites (N-methyl/N-ethyl adjacent to an activating group) is 1. The van der Waals surface area contributed by atoms with Gasteiger partial charge in [0.2, 0.25) is 5.95 Å². The Morgan fingerprint density at radius 2 is 1.73 bits per heavy atom. The van der Waals surface area contributed by atoms with Gasteiger partial charge in [-0.05, 0) is 37.7 Å². The predicted octanol–water partition coefficient (Wildman–Crippen LogP) is 4.48. The molecule has 1 saturated heterocycles. The molecule has 152 valence electrons. The number of rotatable bonds is 4. The molecule has 0 atom stereocenters. The summed E-state index contributed by atoms with van der Waals surface area (Å²) in [6.07, 6.45) is 0. The molecule has 0 spiro atoms. The zero-order chi connectivity index (χ0) is 20.8. The quantitative estimate of drug-likeness (QED) is 0.508. The average molecular weight is 439 g/mol. The van der Waals surface area contributed by atoms with Crippen molar-refractivity contribution in [3.05, 3.63) is 64.4 Å². The van der Waals surface area contributed by atoms with Crippen molar-refractivity contribution in [3.63, 3.8) is 0 Å². The van der Waals surface area contributed by atoms with Crippen LogP contribution in [0.5, 0.6) is 0 Å². The SMILES string of the molecule is CNC1CN(c2nc(C)nc3c(-c4ccc(Cl)cc4)c(-c4ccccc4Cl)nn23)C1. The predicted molar refractivity (Wildman–Crippen MR) is 121 cm³/mol. The third-order valence-corrected chi connectivity index (χ3v) is 6.00. The zero-order valence-electron chi connectivity index (χ0n) is 16.6. The van der Waals surface area contributed by atoms with Crippen molar-refractivity contribution in [3.8, 4) is 22.4 Å². The smallest absolute Gasteiger partial charge is 0.230 e. The van der Waals surface area contributed by atoms with Crippen molar-refractivity contribution in [2.45, 2.75) is 13.0 Å². The number of nitrogens with one attached hydrogen (secondary N) is 1. The highest BCUT2D eigenvalue weighted by Crippen LogP contribution is 2.39. The van der Waals surface area contributed by atoms with E-state index >= 15 is 0 Å². The Bertz CT molecular complexity index is 1230. The molecule has 5 rings (SSSR count). The van der Waals surface area contributed by atoms with Crippen LogP contribution in [0.2, 0.25) is 10.0 Å². The van der Waals surface area contributed by atoms with Gasteiger partial charge in [-0.25, -0.2) is 4.98 Å². The van der Waals surface area contributed by atoms with Gasteiger partial charge in [-0.15, -0.1) is 0 Å². The third-order valence-electron chi connectivity index (χ3n) is 5.41. The number of aromatic nitrogens is 4. The molecule has 0 saturated carbocycles. The molecule has 6 nitrogen and oxygen atoms in total. The summed E-state index contributed by atoms with van der Waals surface area (Å²) in [7, 11) is 1.98. The average Bonchev–Trinajstić information content (AvgIpc) is 3.07. The molecule has 0 bridgehead atoms. The first kappa shape index (κ1) is 19.3. The Morgan fingerprint density at radius 3 is 2.43 bits per heavy atom. The van der Waals surface area contributed by atoms with Crippen LogP contribution in [0.15, 0.2) is 48.5 Å². The Morgan fingerprint density at radius 1 is 1.00 bits per heavy atom. The van der Waals surface area contributed by atoms with E-state index in [1.54, 1.807) is 0 Å². The Labute approximate surface area is 184 Å². The highest BCUT2D eigenvalue weighted by molar-refractivity contribution is 6.33. The van der Waals surface area contributed by atoms with E-state index in [2.05, 4.69) is 10.2 Å². The van der Waals surface area contributed by atoms with E-state index in [0.29, 0.717) is 21.9 Å². The molecule has 0 radical (unpaired) electrons. The van der Waals surface area contributed by atoms with Gasteiger partial charge in [-0.1, -0.05) is 53.5 Å². The molecule has 1 aliphatic rings. The molecule has 0 unspecified atom stereocenters. The highest BCUT2D eigenvalue weighted by atomic mass is 35.5. The van der Waals surface area contributed by atoms with E-state index in [0.717, 1.165) is 47.1 Å². The number of fused-ring (bicyclic) bond motifs is 1. The molecule has 0 aliphatic carbocycles. The lowest BCUT2D eigenvalue weighted by Gasteiger charge is -2.39. The van der Waals surface area contributed by atoms with Gasteiger partial charge in [0.1, 0.15) is 11.5 Å².